The second-order valence-electron chi connectivity index (χ2n) is 5.91. The molecular weight excluding hydrogens is 354 g/mol. The zero-order valence-corrected chi connectivity index (χ0v) is 15.4. The highest BCUT2D eigenvalue weighted by atomic mass is 35.5. The zero-order chi connectivity index (χ0) is 17.4. The molecule has 0 fully saturated rings. The van der Waals surface area contributed by atoms with Crippen molar-refractivity contribution >= 4 is 39.7 Å². The predicted octanol–water partition coefficient (Wildman–Crippen LogP) is 5.83. The molecule has 2 heterocycles. The number of rotatable bonds is 4. The van der Waals surface area contributed by atoms with Crippen LogP contribution in [0.5, 0.6) is 0 Å². The van der Waals surface area contributed by atoms with Crippen LogP contribution in [0.25, 0.3) is 22.6 Å². The molecule has 0 amide bonds. The van der Waals surface area contributed by atoms with Gasteiger partial charge in [-0.3, -0.25) is 0 Å². The van der Waals surface area contributed by atoms with Crippen molar-refractivity contribution in [3.05, 3.63) is 63.1 Å². The van der Waals surface area contributed by atoms with E-state index in [2.05, 4.69) is 34.3 Å². The van der Waals surface area contributed by atoms with Crippen LogP contribution in [-0.4, -0.2) is 9.97 Å². The van der Waals surface area contributed by atoms with Crippen LogP contribution in [0, 0.1) is 13.8 Å². The van der Waals surface area contributed by atoms with Crippen molar-refractivity contribution in [1.29, 1.82) is 0 Å². The monoisotopic (exact) mass is 369 g/mol. The Morgan fingerprint density at radius 2 is 2.00 bits per heavy atom. The summed E-state index contributed by atoms with van der Waals surface area (Å²) in [6.07, 6.45) is 1.79. The van der Waals surface area contributed by atoms with Gasteiger partial charge in [-0.2, -0.15) is 0 Å². The molecule has 0 atom stereocenters. The van der Waals surface area contributed by atoms with Gasteiger partial charge in [0.05, 0.1) is 6.54 Å². The Bertz CT molecular complexity index is 1050. The van der Waals surface area contributed by atoms with E-state index >= 15 is 0 Å². The van der Waals surface area contributed by atoms with Gasteiger partial charge in [0.15, 0.2) is 10.0 Å². The van der Waals surface area contributed by atoms with Gasteiger partial charge in [0.2, 0.25) is 5.89 Å². The number of hydrogen-bond donors (Lipinski definition) is 1. The van der Waals surface area contributed by atoms with E-state index in [1.165, 1.54) is 11.3 Å². The quantitative estimate of drug-likeness (QED) is 0.491. The topological polar surface area (TPSA) is 51.0 Å². The summed E-state index contributed by atoms with van der Waals surface area (Å²) in [5, 5.41) is 3.40. The first-order chi connectivity index (χ1) is 12.1. The first-order valence-corrected chi connectivity index (χ1v) is 9.11. The summed E-state index contributed by atoms with van der Waals surface area (Å²) >= 11 is 7.35. The second-order valence-corrected chi connectivity index (χ2v) is 7.61. The third-order valence-electron chi connectivity index (χ3n) is 4.04. The van der Waals surface area contributed by atoms with Gasteiger partial charge in [0.25, 0.3) is 0 Å². The molecule has 0 unspecified atom stereocenters. The Kier molecular flexibility index (Phi) is 4.19. The lowest BCUT2D eigenvalue weighted by atomic mass is 10.1. The van der Waals surface area contributed by atoms with Gasteiger partial charge in [0.1, 0.15) is 5.52 Å². The standard InChI is InChI=1S/C19H16ClN3OS/c1-11-5-3-4-6-15(11)18-23-16-8-13(7-12(2)17(16)24-18)21-9-14-10-22-19(20)25-14/h3-8,10,21H,9H2,1-2H3. The van der Waals surface area contributed by atoms with Crippen LogP contribution in [0.4, 0.5) is 5.69 Å². The van der Waals surface area contributed by atoms with E-state index in [0.717, 1.165) is 38.4 Å². The molecule has 0 spiro atoms. The molecule has 25 heavy (non-hydrogen) atoms. The highest BCUT2D eigenvalue weighted by molar-refractivity contribution is 7.15. The molecule has 0 radical (unpaired) electrons. The number of nitrogens with one attached hydrogen (secondary N) is 1. The van der Waals surface area contributed by atoms with E-state index in [0.29, 0.717) is 16.9 Å². The predicted molar refractivity (Wildman–Crippen MR) is 103 cm³/mol. The van der Waals surface area contributed by atoms with Crippen molar-refractivity contribution in [3.8, 4) is 11.5 Å². The minimum absolute atomic E-state index is 0.558. The SMILES string of the molecule is Cc1ccccc1-c1nc2cc(NCc3cnc(Cl)s3)cc(C)c2o1. The molecule has 126 valence electrons. The minimum Gasteiger partial charge on any atom is -0.436 e. The number of fused-ring (bicyclic) bond motifs is 1. The molecule has 6 heteroatoms. The summed E-state index contributed by atoms with van der Waals surface area (Å²) < 4.78 is 6.58. The smallest absolute Gasteiger partial charge is 0.227 e. The summed E-state index contributed by atoms with van der Waals surface area (Å²) in [5.74, 6) is 0.655. The largest absolute Gasteiger partial charge is 0.436 e. The van der Waals surface area contributed by atoms with E-state index in [4.69, 9.17) is 16.0 Å². The number of aryl methyl sites for hydroxylation is 2. The lowest BCUT2D eigenvalue weighted by Crippen LogP contribution is -1.97. The average molecular weight is 370 g/mol. The normalized spacial score (nSPS) is 11.2. The maximum atomic E-state index is 6.02. The zero-order valence-electron chi connectivity index (χ0n) is 13.8. The Hall–Kier alpha value is -2.37. The van der Waals surface area contributed by atoms with Gasteiger partial charge in [-0.1, -0.05) is 29.8 Å². The number of anilines is 1. The number of nitrogens with zero attached hydrogens (tertiary/aromatic N) is 2. The highest BCUT2D eigenvalue weighted by Crippen LogP contribution is 2.30. The van der Waals surface area contributed by atoms with Gasteiger partial charge < -0.3 is 9.73 Å². The number of thiazole rings is 1. The molecule has 4 nitrogen and oxygen atoms in total. The van der Waals surface area contributed by atoms with Crippen LogP contribution < -0.4 is 5.32 Å². The number of aromatic nitrogens is 2. The van der Waals surface area contributed by atoms with E-state index in [1.54, 1.807) is 6.20 Å². The van der Waals surface area contributed by atoms with Crippen molar-refractivity contribution in [2.75, 3.05) is 5.32 Å². The average Bonchev–Trinajstić information content (AvgIpc) is 3.20. The molecule has 0 aliphatic carbocycles. The van der Waals surface area contributed by atoms with Gasteiger partial charge in [-0.15, -0.1) is 11.3 Å². The number of halogens is 1. The molecule has 0 aliphatic heterocycles. The van der Waals surface area contributed by atoms with E-state index in [9.17, 15) is 0 Å². The molecule has 4 aromatic rings. The van der Waals surface area contributed by atoms with Crippen LogP contribution in [0.3, 0.4) is 0 Å². The van der Waals surface area contributed by atoms with E-state index in [1.807, 2.05) is 31.2 Å². The lowest BCUT2D eigenvalue weighted by Gasteiger charge is -2.05. The number of hydrogen-bond acceptors (Lipinski definition) is 5. The van der Waals surface area contributed by atoms with Crippen molar-refractivity contribution in [2.45, 2.75) is 20.4 Å². The Balaban J connectivity index is 1.66. The summed E-state index contributed by atoms with van der Waals surface area (Å²) in [7, 11) is 0. The molecule has 2 aromatic carbocycles. The minimum atomic E-state index is 0.558. The van der Waals surface area contributed by atoms with Gasteiger partial charge >= 0.3 is 0 Å². The fourth-order valence-corrected chi connectivity index (χ4v) is 3.70. The second kappa shape index (κ2) is 6.50. The third kappa shape index (κ3) is 3.25. The van der Waals surface area contributed by atoms with E-state index < -0.39 is 0 Å². The lowest BCUT2D eigenvalue weighted by molar-refractivity contribution is 0.617. The molecule has 2 aromatic heterocycles. The fraction of sp³-hybridized carbons (Fsp3) is 0.158. The Labute approximate surface area is 154 Å². The summed E-state index contributed by atoms with van der Waals surface area (Å²) in [6, 6.07) is 12.2. The summed E-state index contributed by atoms with van der Waals surface area (Å²) in [4.78, 5) is 9.83. The first kappa shape index (κ1) is 16.1. The molecule has 0 saturated heterocycles. The Morgan fingerprint density at radius 1 is 1.16 bits per heavy atom. The molecular formula is C19H16ClN3OS. The number of benzene rings is 2. The van der Waals surface area contributed by atoms with Crippen molar-refractivity contribution in [3.63, 3.8) is 0 Å². The fourth-order valence-electron chi connectivity index (χ4n) is 2.78. The van der Waals surface area contributed by atoms with Crippen molar-refractivity contribution in [2.24, 2.45) is 0 Å². The molecule has 0 saturated carbocycles. The Morgan fingerprint density at radius 3 is 2.76 bits per heavy atom. The van der Waals surface area contributed by atoms with Gasteiger partial charge in [-0.25, -0.2) is 9.97 Å². The maximum Gasteiger partial charge on any atom is 0.227 e. The van der Waals surface area contributed by atoms with Gasteiger partial charge in [0, 0.05) is 22.3 Å². The molecule has 0 aliphatic rings. The molecule has 0 bridgehead atoms. The van der Waals surface area contributed by atoms with Crippen LogP contribution in [0.2, 0.25) is 4.47 Å². The summed E-state index contributed by atoms with van der Waals surface area (Å²) in [5.41, 5.74) is 5.89. The van der Waals surface area contributed by atoms with Gasteiger partial charge in [-0.05, 0) is 43.2 Å². The number of oxazole rings is 1. The highest BCUT2D eigenvalue weighted by Gasteiger charge is 2.13. The maximum absolute atomic E-state index is 6.02. The third-order valence-corrected chi connectivity index (χ3v) is 5.16. The molecule has 1 N–H and O–H groups in total. The van der Waals surface area contributed by atoms with Crippen LogP contribution in [0.15, 0.2) is 47.0 Å². The van der Waals surface area contributed by atoms with Crippen molar-refractivity contribution < 1.29 is 4.42 Å². The van der Waals surface area contributed by atoms with Crippen molar-refractivity contribution in [1.82, 2.24) is 9.97 Å². The first-order valence-electron chi connectivity index (χ1n) is 7.91. The van der Waals surface area contributed by atoms with Crippen LogP contribution in [-0.2, 0) is 6.54 Å². The van der Waals surface area contributed by atoms with E-state index in [-0.39, 0.29) is 0 Å². The van der Waals surface area contributed by atoms with Crippen LogP contribution >= 0.6 is 22.9 Å². The molecule has 4 rings (SSSR count). The summed E-state index contributed by atoms with van der Waals surface area (Å²) in [6.45, 7) is 4.77. The van der Waals surface area contributed by atoms with Crippen LogP contribution in [0.1, 0.15) is 16.0 Å².